The Morgan fingerprint density at radius 1 is 0.821 bits per heavy atom. The van der Waals surface area contributed by atoms with Crippen LogP contribution in [0.5, 0.6) is 11.5 Å². The average molecular weight is 391 g/mol. The molecule has 0 aliphatic carbocycles. The molecule has 0 radical (unpaired) electrons. The molecule has 2 aromatic carbocycles. The number of halogens is 2. The Hall–Kier alpha value is -2.10. The Balaban J connectivity index is 2.02. The predicted octanol–water partition coefficient (Wildman–Crippen LogP) is 7.55. The fraction of sp³-hybridized carbons (Fsp3) is 0.500. The lowest BCUT2D eigenvalue weighted by molar-refractivity contribution is 0.195. The fourth-order valence-corrected chi connectivity index (χ4v) is 3.05. The second kappa shape index (κ2) is 11.7. The summed E-state index contributed by atoms with van der Waals surface area (Å²) in [6.07, 6.45) is 7.27. The van der Waals surface area contributed by atoms with Crippen LogP contribution in [0.4, 0.5) is 8.78 Å². The molecule has 2 rings (SSSR count). The van der Waals surface area contributed by atoms with Crippen molar-refractivity contribution in [3.63, 3.8) is 0 Å². The van der Waals surface area contributed by atoms with Crippen molar-refractivity contribution in [3.8, 4) is 22.6 Å². The molecular weight excluding hydrogens is 358 g/mol. The zero-order chi connectivity index (χ0) is 20.4. The Bertz CT molecular complexity index is 713. The Morgan fingerprint density at radius 2 is 1.54 bits per heavy atom. The number of benzene rings is 2. The van der Waals surface area contributed by atoms with E-state index >= 15 is 0 Å². The van der Waals surface area contributed by atoms with Gasteiger partial charge >= 0.3 is 0 Å². The molecule has 0 saturated heterocycles. The Morgan fingerprint density at radius 3 is 2.21 bits per heavy atom. The van der Waals surface area contributed by atoms with E-state index in [1.807, 2.05) is 6.92 Å². The summed E-state index contributed by atoms with van der Waals surface area (Å²) in [6, 6.07) is 10.1. The molecule has 0 spiro atoms. The lowest BCUT2D eigenvalue weighted by Crippen LogP contribution is -2.13. The molecular formula is C24H32F2O2. The topological polar surface area (TPSA) is 18.5 Å². The number of unbranched alkanes of at least 4 members (excludes halogenated alkanes) is 4. The summed E-state index contributed by atoms with van der Waals surface area (Å²) in [5.41, 5.74) is 0.832. The first-order valence-electron chi connectivity index (χ1n) is 10.4. The number of ether oxygens (including phenoxy) is 2. The highest BCUT2D eigenvalue weighted by atomic mass is 19.2. The van der Waals surface area contributed by atoms with E-state index in [1.54, 1.807) is 30.3 Å². The summed E-state index contributed by atoms with van der Waals surface area (Å²) in [7, 11) is 0. The van der Waals surface area contributed by atoms with Crippen molar-refractivity contribution in [3.05, 3.63) is 48.0 Å². The molecule has 0 aliphatic heterocycles. The maximum absolute atomic E-state index is 14.6. The molecule has 154 valence electrons. The summed E-state index contributed by atoms with van der Waals surface area (Å²) in [5.74, 6) is -1.10. The van der Waals surface area contributed by atoms with Crippen LogP contribution in [0.2, 0.25) is 0 Å². The number of hydrogen-bond acceptors (Lipinski definition) is 2. The van der Waals surface area contributed by atoms with E-state index in [4.69, 9.17) is 9.47 Å². The first kappa shape index (κ1) is 22.2. The average Bonchev–Trinajstić information content (AvgIpc) is 2.70. The molecule has 2 aromatic rings. The minimum Gasteiger partial charge on any atom is -0.494 e. The van der Waals surface area contributed by atoms with Crippen LogP contribution in [-0.4, -0.2) is 12.7 Å². The SMILES string of the molecule is CCCCCCC(C)Oc1ccc(-c2ccc(OCCCC)cc2)c(F)c1F. The minimum absolute atomic E-state index is 0.0243. The second-order valence-electron chi connectivity index (χ2n) is 7.24. The van der Waals surface area contributed by atoms with Gasteiger partial charge in [-0.2, -0.15) is 4.39 Å². The van der Waals surface area contributed by atoms with Gasteiger partial charge in [0.05, 0.1) is 12.7 Å². The van der Waals surface area contributed by atoms with Crippen molar-refractivity contribution < 1.29 is 18.3 Å². The normalized spacial score (nSPS) is 12.0. The fourth-order valence-electron chi connectivity index (χ4n) is 3.05. The third kappa shape index (κ3) is 6.50. The van der Waals surface area contributed by atoms with Gasteiger partial charge in [0, 0.05) is 5.56 Å². The highest BCUT2D eigenvalue weighted by Gasteiger charge is 2.17. The molecule has 28 heavy (non-hydrogen) atoms. The molecule has 0 heterocycles. The van der Waals surface area contributed by atoms with Crippen LogP contribution < -0.4 is 9.47 Å². The summed E-state index contributed by atoms with van der Waals surface area (Å²) in [6.45, 7) is 6.81. The zero-order valence-corrected chi connectivity index (χ0v) is 17.3. The lowest BCUT2D eigenvalue weighted by Gasteiger charge is -2.16. The van der Waals surface area contributed by atoms with Gasteiger partial charge in [-0.25, -0.2) is 4.39 Å². The first-order valence-corrected chi connectivity index (χ1v) is 10.4. The van der Waals surface area contributed by atoms with Gasteiger partial charge in [-0.1, -0.05) is 51.7 Å². The van der Waals surface area contributed by atoms with E-state index in [0.29, 0.717) is 12.2 Å². The third-order valence-electron chi connectivity index (χ3n) is 4.77. The summed E-state index contributed by atoms with van der Waals surface area (Å²) in [4.78, 5) is 0. The van der Waals surface area contributed by atoms with E-state index in [9.17, 15) is 8.78 Å². The van der Waals surface area contributed by atoms with Crippen LogP contribution in [0.3, 0.4) is 0 Å². The van der Waals surface area contributed by atoms with Gasteiger partial charge in [-0.15, -0.1) is 0 Å². The van der Waals surface area contributed by atoms with Crippen molar-refractivity contribution in [2.24, 2.45) is 0 Å². The smallest absolute Gasteiger partial charge is 0.201 e. The first-order chi connectivity index (χ1) is 13.6. The van der Waals surface area contributed by atoms with Crippen LogP contribution in [0.25, 0.3) is 11.1 Å². The molecule has 0 saturated carbocycles. The van der Waals surface area contributed by atoms with Crippen LogP contribution in [0.15, 0.2) is 36.4 Å². The maximum Gasteiger partial charge on any atom is 0.201 e. The molecule has 1 atom stereocenters. The molecule has 0 fully saturated rings. The van der Waals surface area contributed by atoms with Crippen LogP contribution in [-0.2, 0) is 0 Å². The monoisotopic (exact) mass is 390 g/mol. The van der Waals surface area contributed by atoms with E-state index < -0.39 is 11.6 Å². The van der Waals surface area contributed by atoms with E-state index in [0.717, 1.165) is 37.9 Å². The molecule has 0 bridgehead atoms. The second-order valence-corrected chi connectivity index (χ2v) is 7.24. The standard InChI is InChI=1S/C24H32F2O2/c1-4-6-8-9-10-18(3)28-22-16-15-21(23(25)24(22)26)19-11-13-20(14-12-19)27-17-7-5-2/h11-16,18H,4-10,17H2,1-3H3. The number of hydrogen-bond donors (Lipinski definition) is 0. The predicted molar refractivity (Wildman–Crippen MR) is 111 cm³/mol. The highest BCUT2D eigenvalue weighted by Crippen LogP contribution is 2.31. The molecule has 1 unspecified atom stereocenters. The summed E-state index contributed by atoms with van der Waals surface area (Å²) < 4.78 is 40.4. The lowest BCUT2D eigenvalue weighted by atomic mass is 10.0. The third-order valence-corrected chi connectivity index (χ3v) is 4.77. The zero-order valence-electron chi connectivity index (χ0n) is 17.3. The van der Waals surface area contributed by atoms with Crippen molar-refractivity contribution in [1.82, 2.24) is 0 Å². The van der Waals surface area contributed by atoms with E-state index in [1.165, 1.54) is 18.9 Å². The van der Waals surface area contributed by atoms with Crippen molar-refractivity contribution in [1.29, 1.82) is 0 Å². The van der Waals surface area contributed by atoms with Crippen molar-refractivity contribution >= 4 is 0 Å². The van der Waals surface area contributed by atoms with Gasteiger partial charge in [0.2, 0.25) is 5.82 Å². The van der Waals surface area contributed by atoms with Crippen molar-refractivity contribution in [2.75, 3.05) is 6.61 Å². The molecule has 4 heteroatoms. The molecule has 2 nitrogen and oxygen atoms in total. The quantitative estimate of drug-likeness (QED) is 0.348. The highest BCUT2D eigenvalue weighted by molar-refractivity contribution is 5.66. The Labute approximate surface area is 167 Å². The van der Waals surface area contributed by atoms with Crippen LogP contribution >= 0.6 is 0 Å². The van der Waals surface area contributed by atoms with Crippen molar-refractivity contribution in [2.45, 2.75) is 71.8 Å². The van der Waals surface area contributed by atoms with E-state index in [2.05, 4.69) is 13.8 Å². The van der Waals surface area contributed by atoms with Gasteiger partial charge in [0.15, 0.2) is 11.6 Å². The minimum atomic E-state index is -0.929. The van der Waals surface area contributed by atoms with E-state index in [-0.39, 0.29) is 17.4 Å². The summed E-state index contributed by atoms with van der Waals surface area (Å²) >= 11 is 0. The maximum atomic E-state index is 14.6. The molecule has 0 amide bonds. The van der Waals surface area contributed by atoms with Gasteiger partial charge in [0.25, 0.3) is 0 Å². The molecule has 0 aliphatic rings. The van der Waals surface area contributed by atoms with Gasteiger partial charge < -0.3 is 9.47 Å². The van der Waals surface area contributed by atoms with Gasteiger partial charge in [-0.05, 0) is 56.0 Å². The largest absolute Gasteiger partial charge is 0.494 e. The summed E-state index contributed by atoms with van der Waals surface area (Å²) in [5, 5.41) is 0. The Kier molecular flexibility index (Phi) is 9.26. The number of rotatable bonds is 12. The van der Waals surface area contributed by atoms with Gasteiger partial charge in [0.1, 0.15) is 5.75 Å². The van der Waals surface area contributed by atoms with Crippen LogP contribution in [0.1, 0.15) is 65.7 Å². The van der Waals surface area contributed by atoms with Crippen LogP contribution in [0, 0.1) is 11.6 Å². The molecule has 0 N–H and O–H groups in total. The van der Waals surface area contributed by atoms with Gasteiger partial charge in [-0.3, -0.25) is 0 Å². The molecule has 0 aromatic heterocycles.